The Bertz CT molecular complexity index is 491. The van der Waals surface area contributed by atoms with Gasteiger partial charge in [0.05, 0.1) is 11.6 Å². The summed E-state index contributed by atoms with van der Waals surface area (Å²) in [7, 11) is 1.93. The molecule has 0 atom stereocenters. The number of hydrogen-bond donors (Lipinski definition) is 1. The summed E-state index contributed by atoms with van der Waals surface area (Å²) in [6, 6.07) is 0. The molecule has 0 spiro atoms. The summed E-state index contributed by atoms with van der Waals surface area (Å²) < 4.78 is 1.83. The zero-order valence-corrected chi connectivity index (χ0v) is 17.8. The van der Waals surface area contributed by atoms with Gasteiger partial charge in [-0.2, -0.15) is 5.10 Å². The van der Waals surface area contributed by atoms with E-state index < -0.39 is 0 Å². The quantitative estimate of drug-likeness (QED) is 0.771. The number of halogens is 3. The summed E-state index contributed by atoms with van der Waals surface area (Å²) in [5.41, 5.74) is 6.75. The van der Waals surface area contributed by atoms with Crippen LogP contribution in [0.3, 0.4) is 0 Å². The van der Waals surface area contributed by atoms with E-state index in [1.54, 1.807) is 0 Å². The van der Waals surface area contributed by atoms with Crippen LogP contribution in [0.2, 0.25) is 0 Å². The Labute approximate surface area is 169 Å². The Morgan fingerprint density at radius 3 is 2.12 bits per heavy atom. The first-order valence-electron chi connectivity index (χ1n) is 8.24. The summed E-state index contributed by atoms with van der Waals surface area (Å²) in [4.78, 5) is 17.2. The second-order valence-corrected chi connectivity index (χ2v) is 6.28. The van der Waals surface area contributed by atoms with Gasteiger partial charge >= 0.3 is 0 Å². The Balaban J connectivity index is 0. The molecule has 1 amide bonds. The van der Waals surface area contributed by atoms with E-state index in [4.69, 9.17) is 5.73 Å². The first-order valence-corrected chi connectivity index (χ1v) is 8.24. The molecule has 2 heterocycles. The molecule has 1 fully saturated rings. The van der Waals surface area contributed by atoms with Crippen molar-refractivity contribution in [2.45, 2.75) is 33.2 Å². The minimum atomic E-state index is -0.370. The lowest BCUT2D eigenvalue weighted by Gasteiger charge is -2.40. The number of rotatable bonds is 6. The lowest BCUT2D eigenvalue weighted by Crippen LogP contribution is -2.54. The van der Waals surface area contributed by atoms with Crippen LogP contribution in [0.25, 0.3) is 0 Å². The maximum Gasteiger partial charge on any atom is 0.230 e. The van der Waals surface area contributed by atoms with Crippen LogP contribution >= 0.6 is 37.2 Å². The lowest BCUT2D eigenvalue weighted by molar-refractivity contribution is -0.144. The number of hydrogen-bond acceptors (Lipinski definition) is 4. The molecule has 25 heavy (non-hydrogen) atoms. The van der Waals surface area contributed by atoms with E-state index >= 15 is 0 Å². The SMILES string of the molecule is CCC(CC)(CN)C(=O)N1CCN(Cc2cnn(C)c2)CC1.Cl.Cl.Cl. The van der Waals surface area contributed by atoms with Crippen molar-refractivity contribution in [3.05, 3.63) is 18.0 Å². The van der Waals surface area contributed by atoms with Gasteiger partial charge in [-0.05, 0) is 12.8 Å². The van der Waals surface area contributed by atoms with Crippen molar-refractivity contribution in [2.24, 2.45) is 18.2 Å². The van der Waals surface area contributed by atoms with Crippen molar-refractivity contribution >= 4 is 43.1 Å². The molecule has 1 aliphatic heterocycles. The Hall–Kier alpha value is -0.530. The molecule has 2 N–H and O–H groups in total. The monoisotopic (exact) mass is 415 g/mol. The molecule has 0 radical (unpaired) electrons. The van der Waals surface area contributed by atoms with Gasteiger partial charge in [-0.3, -0.25) is 14.4 Å². The van der Waals surface area contributed by atoms with E-state index in [2.05, 4.69) is 23.8 Å². The molecule has 0 unspecified atom stereocenters. The van der Waals surface area contributed by atoms with Gasteiger partial charge in [0.25, 0.3) is 0 Å². The third-order valence-electron chi connectivity index (χ3n) is 5.02. The second kappa shape index (κ2) is 12.0. The number of nitrogens with two attached hydrogens (primary N) is 1. The third kappa shape index (κ3) is 6.29. The summed E-state index contributed by atoms with van der Waals surface area (Å²) in [5.74, 6) is 0.237. The fourth-order valence-corrected chi connectivity index (χ4v) is 3.18. The van der Waals surface area contributed by atoms with Gasteiger partial charge in [-0.25, -0.2) is 0 Å². The highest BCUT2D eigenvalue weighted by Gasteiger charge is 2.37. The summed E-state index contributed by atoms with van der Waals surface area (Å²) in [6.45, 7) is 8.87. The van der Waals surface area contributed by atoms with Crippen LogP contribution in [0.1, 0.15) is 32.3 Å². The molecule has 1 aromatic heterocycles. The number of carbonyl (C=O) groups excluding carboxylic acids is 1. The van der Waals surface area contributed by atoms with Crippen molar-refractivity contribution in [1.29, 1.82) is 0 Å². The van der Waals surface area contributed by atoms with E-state index in [0.29, 0.717) is 6.54 Å². The van der Waals surface area contributed by atoms with Crippen molar-refractivity contribution in [3.8, 4) is 0 Å². The van der Waals surface area contributed by atoms with Crippen molar-refractivity contribution in [1.82, 2.24) is 19.6 Å². The minimum Gasteiger partial charge on any atom is -0.340 e. The predicted molar refractivity (Wildman–Crippen MR) is 109 cm³/mol. The molecule has 0 aromatic carbocycles. The van der Waals surface area contributed by atoms with E-state index in [0.717, 1.165) is 45.6 Å². The standard InChI is InChI=1S/C16H29N5O.3ClH/c1-4-16(5-2,13-17)15(22)21-8-6-20(7-9-21)12-14-10-18-19(3)11-14;;;/h10-11H,4-9,12-13,17H2,1-3H3;3*1H. The molecule has 1 aliphatic rings. The zero-order valence-electron chi connectivity index (χ0n) is 15.3. The van der Waals surface area contributed by atoms with Crippen LogP contribution in [0.15, 0.2) is 12.4 Å². The van der Waals surface area contributed by atoms with Crippen molar-refractivity contribution in [2.75, 3.05) is 32.7 Å². The van der Waals surface area contributed by atoms with E-state index in [-0.39, 0.29) is 48.5 Å². The number of aromatic nitrogens is 2. The Morgan fingerprint density at radius 2 is 1.72 bits per heavy atom. The highest BCUT2D eigenvalue weighted by Crippen LogP contribution is 2.28. The Morgan fingerprint density at radius 1 is 1.16 bits per heavy atom. The van der Waals surface area contributed by atoms with Crippen LogP contribution < -0.4 is 5.73 Å². The maximum absolute atomic E-state index is 12.8. The first kappa shape index (κ1) is 26.7. The normalized spacial score (nSPS) is 15.0. The van der Waals surface area contributed by atoms with Crippen LogP contribution in [0.5, 0.6) is 0 Å². The molecule has 148 valence electrons. The average Bonchev–Trinajstić information content (AvgIpc) is 2.95. The molecule has 1 saturated heterocycles. The van der Waals surface area contributed by atoms with Gasteiger partial charge in [-0.1, -0.05) is 13.8 Å². The van der Waals surface area contributed by atoms with Gasteiger partial charge in [0.1, 0.15) is 0 Å². The van der Waals surface area contributed by atoms with Crippen LogP contribution in [0.4, 0.5) is 0 Å². The summed E-state index contributed by atoms with van der Waals surface area (Å²) in [5, 5.41) is 4.20. The topological polar surface area (TPSA) is 67.4 Å². The van der Waals surface area contributed by atoms with Gasteiger partial charge in [0.2, 0.25) is 5.91 Å². The molecular weight excluding hydrogens is 385 g/mol. The highest BCUT2D eigenvalue weighted by atomic mass is 35.5. The lowest BCUT2D eigenvalue weighted by atomic mass is 9.81. The molecule has 0 bridgehead atoms. The van der Waals surface area contributed by atoms with E-state index in [1.165, 1.54) is 5.56 Å². The van der Waals surface area contributed by atoms with E-state index in [9.17, 15) is 4.79 Å². The molecule has 6 nitrogen and oxygen atoms in total. The smallest absolute Gasteiger partial charge is 0.230 e. The number of amides is 1. The average molecular weight is 417 g/mol. The fraction of sp³-hybridized carbons (Fsp3) is 0.750. The fourth-order valence-electron chi connectivity index (χ4n) is 3.18. The van der Waals surface area contributed by atoms with Crippen molar-refractivity contribution < 1.29 is 4.79 Å². The largest absolute Gasteiger partial charge is 0.340 e. The van der Waals surface area contributed by atoms with E-state index in [1.807, 2.05) is 29.0 Å². The zero-order chi connectivity index (χ0) is 16.2. The Kier molecular flexibility index (Phi) is 12.8. The number of nitrogens with zero attached hydrogens (tertiary/aromatic N) is 4. The van der Waals surface area contributed by atoms with Crippen LogP contribution in [0, 0.1) is 5.41 Å². The first-order chi connectivity index (χ1) is 10.5. The molecule has 2 rings (SSSR count). The predicted octanol–water partition coefficient (Wildman–Crippen LogP) is 2.09. The number of piperazine rings is 1. The minimum absolute atomic E-state index is 0. The molecule has 1 aromatic rings. The molecule has 0 saturated carbocycles. The van der Waals surface area contributed by atoms with Crippen LogP contribution in [-0.2, 0) is 18.4 Å². The molecule has 0 aliphatic carbocycles. The number of aryl methyl sites for hydroxylation is 1. The van der Waals surface area contributed by atoms with Gasteiger partial charge < -0.3 is 10.6 Å². The summed E-state index contributed by atoms with van der Waals surface area (Å²) in [6.07, 6.45) is 5.58. The second-order valence-electron chi connectivity index (χ2n) is 6.28. The summed E-state index contributed by atoms with van der Waals surface area (Å²) >= 11 is 0. The van der Waals surface area contributed by atoms with Gasteiger partial charge in [0.15, 0.2) is 0 Å². The number of carbonyl (C=O) groups is 1. The van der Waals surface area contributed by atoms with Gasteiger partial charge in [-0.15, -0.1) is 37.2 Å². The highest BCUT2D eigenvalue weighted by molar-refractivity contribution is 5.86. The van der Waals surface area contributed by atoms with Gasteiger partial charge in [0, 0.05) is 58.1 Å². The maximum atomic E-state index is 12.8. The van der Waals surface area contributed by atoms with Crippen LogP contribution in [-0.4, -0.2) is 58.2 Å². The van der Waals surface area contributed by atoms with Crippen molar-refractivity contribution in [3.63, 3.8) is 0 Å². The molecule has 9 heteroatoms. The molecular formula is C16H32Cl3N5O. The third-order valence-corrected chi connectivity index (χ3v) is 5.02.